The second-order valence-electron chi connectivity index (χ2n) is 9.38. The molecule has 4 saturated carbocycles. The van der Waals surface area contributed by atoms with Gasteiger partial charge in [0.1, 0.15) is 17.9 Å². The van der Waals surface area contributed by atoms with Crippen LogP contribution in [-0.4, -0.2) is 29.4 Å². The number of benzene rings is 1. The Morgan fingerprint density at radius 2 is 1.71 bits per heavy atom. The van der Waals surface area contributed by atoms with E-state index in [-0.39, 0.29) is 17.1 Å². The van der Waals surface area contributed by atoms with Gasteiger partial charge in [-0.15, -0.1) is 0 Å². The molecule has 1 aromatic rings. The van der Waals surface area contributed by atoms with Crippen molar-refractivity contribution in [3.05, 3.63) is 29.8 Å². The topological polar surface area (TPSA) is 70.4 Å². The van der Waals surface area contributed by atoms with E-state index in [1.165, 1.54) is 19.3 Å². The van der Waals surface area contributed by atoms with E-state index in [4.69, 9.17) is 4.74 Å². The molecule has 146 valence electrons. The molecule has 1 heterocycles. The molecule has 4 aliphatic carbocycles. The zero-order valence-electron chi connectivity index (χ0n) is 16.1. The first kappa shape index (κ1) is 17.7. The summed E-state index contributed by atoms with van der Waals surface area (Å²) in [4.78, 5) is 28.4. The molecule has 0 unspecified atom stereocenters. The Hall–Kier alpha value is -2.35. The summed E-state index contributed by atoms with van der Waals surface area (Å²) in [5.41, 5.74) is 0.107. The van der Waals surface area contributed by atoms with Gasteiger partial charge in [0.05, 0.1) is 11.0 Å². The Kier molecular flexibility index (Phi) is 4.19. The average Bonchev–Trinajstić information content (AvgIpc) is 3.16. The molecule has 28 heavy (non-hydrogen) atoms. The Morgan fingerprint density at radius 1 is 1.07 bits per heavy atom. The van der Waals surface area contributed by atoms with E-state index < -0.39 is 12.0 Å². The zero-order valence-corrected chi connectivity index (χ0v) is 16.1. The summed E-state index contributed by atoms with van der Waals surface area (Å²) in [5, 5.41) is 9.23. The molecule has 1 aliphatic heterocycles. The maximum absolute atomic E-state index is 13.7. The van der Waals surface area contributed by atoms with Crippen LogP contribution in [0.4, 0.5) is 0 Å². The number of esters is 1. The van der Waals surface area contributed by atoms with Crippen LogP contribution in [0.5, 0.6) is 5.75 Å². The van der Waals surface area contributed by atoms with E-state index in [9.17, 15) is 14.9 Å². The maximum atomic E-state index is 13.7. The van der Waals surface area contributed by atoms with Crippen LogP contribution in [0, 0.1) is 34.5 Å². The summed E-state index contributed by atoms with van der Waals surface area (Å²) in [6, 6.07) is 8.30. The highest BCUT2D eigenvalue weighted by molar-refractivity contribution is 5.89. The van der Waals surface area contributed by atoms with Crippen LogP contribution in [0.25, 0.3) is 0 Å². The Balaban J connectivity index is 1.35. The molecule has 5 aliphatic rings. The van der Waals surface area contributed by atoms with Crippen LogP contribution < -0.4 is 4.74 Å². The number of likely N-dealkylation sites (tertiary alicyclic amines) is 1. The Bertz CT molecular complexity index is 820. The van der Waals surface area contributed by atoms with Gasteiger partial charge in [-0.05, 0) is 81.3 Å². The lowest BCUT2D eigenvalue weighted by Gasteiger charge is -2.56. The number of hydrogen-bond acceptors (Lipinski definition) is 4. The molecule has 1 aromatic carbocycles. The van der Waals surface area contributed by atoms with Crippen molar-refractivity contribution in [1.29, 1.82) is 5.26 Å². The van der Waals surface area contributed by atoms with Crippen LogP contribution in [0.2, 0.25) is 0 Å². The average molecular weight is 378 g/mol. The normalized spacial score (nSPS) is 35.6. The fourth-order valence-corrected chi connectivity index (χ4v) is 6.76. The fourth-order valence-electron chi connectivity index (χ4n) is 6.76. The summed E-state index contributed by atoms with van der Waals surface area (Å²) in [6.45, 7) is 0.639. The number of nitrogens with zero attached hydrogens (tertiary/aromatic N) is 2. The molecule has 1 atom stereocenters. The number of ether oxygens (including phenoxy) is 1. The molecule has 0 aromatic heterocycles. The minimum Gasteiger partial charge on any atom is -0.424 e. The molecular formula is C23H26N2O3. The predicted octanol–water partition coefficient (Wildman–Crippen LogP) is 3.67. The highest BCUT2D eigenvalue weighted by atomic mass is 16.5. The minimum atomic E-state index is -0.521. The molecule has 0 N–H and O–H groups in total. The number of amides is 1. The first-order valence-electron chi connectivity index (χ1n) is 10.6. The van der Waals surface area contributed by atoms with E-state index in [0.29, 0.717) is 36.3 Å². The van der Waals surface area contributed by atoms with Gasteiger partial charge in [0.25, 0.3) is 0 Å². The third-order valence-corrected chi connectivity index (χ3v) is 7.50. The first-order chi connectivity index (χ1) is 13.6. The van der Waals surface area contributed by atoms with Crippen LogP contribution in [0.3, 0.4) is 0 Å². The molecular weight excluding hydrogens is 352 g/mol. The molecule has 0 radical (unpaired) electrons. The number of rotatable bonds is 3. The van der Waals surface area contributed by atoms with Gasteiger partial charge in [0.15, 0.2) is 0 Å². The zero-order chi connectivity index (χ0) is 19.3. The fraction of sp³-hybridized carbons (Fsp3) is 0.609. The van der Waals surface area contributed by atoms with Crippen molar-refractivity contribution >= 4 is 11.9 Å². The number of carbonyl (C=O) groups excluding carboxylic acids is 2. The molecule has 5 nitrogen and oxygen atoms in total. The summed E-state index contributed by atoms with van der Waals surface area (Å²) in [5.74, 6) is 2.17. The van der Waals surface area contributed by atoms with Crippen molar-refractivity contribution in [2.75, 3.05) is 6.54 Å². The summed E-state index contributed by atoms with van der Waals surface area (Å²) in [7, 11) is 0. The van der Waals surface area contributed by atoms with Crippen LogP contribution in [0.15, 0.2) is 24.3 Å². The number of nitriles is 1. The highest BCUT2D eigenvalue weighted by Gasteiger charge is 2.57. The van der Waals surface area contributed by atoms with Gasteiger partial charge in [-0.2, -0.15) is 5.26 Å². The molecule has 6 rings (SSSR count). The van der Waals surface area contributed by atoms with E-state index >= 15 is 0 Å². The Morgan fingerprint density at radius 3 is 2.36 bits per heavy atom. The lowest BCUT2D eigenvalue weighted by molar-refractivity contribution is -0.162. The van der Waals surface area contributed by atoms with E-state index in [1.807, 2.05) is 4.90 Å². The van der Waals surface area contributed by atoms with Gasteiger partial charge in [-0.1, -0.05) is 12.1 Å². The lowest BCUT2D eigenvalue weighted by Crippen LogP contribution is -2.56. The largest absolute Gasteiger partial charge is 0.424 e. The Labute approximate surface area is 165 Å². The lowest BCUT2D eigenvalue weighted by atomic mass is 9.49. The van der Waals surface area contributed by atoms with Crippen molar-refractivity contribution in [3.63, 3.8) is 0 Å². The van der Waals surface area contributed by atoms with Gasteiger partial charge >= 0.3 is 5.97 Å². The van der Waals surface area contributed by atoms with Gasteiger partial charge in [-0.3, -0.25) is 4.79 Å². The molecule has 5 fully saturated rings. The third kappa shape index (κ3) is 2.82. The number of para-hydroxylation sites is 1. The van der Waals surface area contributed by atoms with Crippen LogP contribution in [-0.2, 0) is 9.59 Å². The van der Waals surface area contributed by atoms with Gasteiger partial charge in [0, 0.05) is 6.54 Å². The molecule has 0 spiro atoms. The molecule has 1 amide bonds. The molecule has 1 saturated heterocycles. The van der Waals surface area contributed by atoms with Gasteiger partial charge < -0.3 is 9.64 Å². The maximum Gasteiger partial charge on any atom is 0.334 e. The first-order valence-corrected chi connectivity index (χ1v) is 10.6. The minimum absolute atomic E-state index is 0.194. The second kappa shape index (κ2) is 6.62. The van der Waals surface area contributed by atoms with E-state index in [0.717, 1.165) is 25.7 Å². The van der Waals surface area contributed by atoms with E-state index in [2.05, 4.69) is 6.07 Å². The standard InChI is InChI=1S/C23H26N2O3/c24-14-18-4-1-2-6-20(18)28-21(26)19-5-3-7-25(19)22(27)23-11-15-8-16(12-23)10-17(9-15)13-23/h1-2,4,6,15-17,19H,3,5,7-13H2/t15?,16?,17?,19-,23?/m1/s1. The highest BCUT2D eigenvalue weighted by Crippen LogP contribution is 2.60. The van der Waals surface area contributed by atoms with Gasteiger partial charge in [-0.25, -0.2) is 4.79 Å². The monoisotopic (exact) mass is 378 g/mol. The summed E-state index contributed by atoms with van der Waals surface area (Å²) < 4.78 is 5.56. The summed E-state index contributed by atoms with van der Waals surface area (Å²) >= 11 is 0. The SMILES string of the molecule is N#Cc1ccccc1OC(=O)[C@H]1CCCN1C(=O)C12CC3CC(CC(C3)C1)C2. The summed E-state index contributed by atoms with van der Waals surface area (Å²) in [6.07, 6.45) is 8.38. The second-order valence-corrected chi connectivity index (χ2v) is 9.38. The number of hydrogen-bond donors (Lipinski definition) is 0. The predicted molar refractivity (Wildman–Crippen MR) is 102 cm³/mol. The quantitative estimate of drug-likeness (QED) is 0.594. The molecule has 5 heteroatoms. The van der Waals surface area contributed by atoms with Gasteiger partial charge in [0.2, 0.25) is 5.91 Å². The smallest absolute Gasteiger partial charge is 0.334 e. The number of carbonyl (C=O) groups is 2. The van der Waals surface area contributed by atoms with Crippen molar-refractivity contribution in [1.82, 2.24) is 4.90 Å². The van der Waals surface area contributed by atoms with Crippen molar-refractivity contribution < 1.29 is 14.3 Å². The van der Waals surface area contributed by atoms with Crippen molar-refractivity contribution in [3.8, 4) is 11.8 Å². The van der Waals surface area contributed by atoms with E-state index in [1.54, 1.807) is 24.3 Å². The van der Waals surface area contributed by atoms with Crippen molar-refractivity contribution in [2.45, 2.75) is 57.4 Å². The third-order valence-electron chi connectivity index (χ3n) is 7.50. The van der Waals surface area contributed by atoms with Crippen molar-refractivity contribution in [2.24, 2.45) is 23.2 Å². The van der Waals surface area contributed by atoms with Crippen LogP contribution in [0.1, 0.15) is 56.9 Å². The van der Waals surface area contributed by atoms with Crippen LogP contribution >= 0.6 is 0 Å². The molecule has 4 bridgehead atoms.